The fourth-order valence-electron chi connectivity index (χ4n) is 6.42. The number of hydrogen-bond acceptors (Lipinski definition) is 10. The van der Waals surface area contributed by atoms with Crippen molar-refractivity contribution < 1.29 is 32.7 Å². The van der Waals surface area contributed by atoms with Crippen molar-refractivity contribution in [3.8, 4) is 6.07 Å². The first kappa shape index (κ1) is 35.9. The highest BCUT2D eigenvalue weighted by Crippen LogP contribution is 2.44. The van der Waals surface area contributed by atoms with Gasteiger partial charge < -0.3 is 23.1 Å². The molecule has 0 radical (unpaired) electrons. The van der Waals surface area contributed by atoms with Gasteiger partial charge in [0, 0.05) is 13.3 Å². The van der Waals surface area contributed by atoms with Crippen LogP contribution in [0.25, 0.3) is 5.52 Å². The summed E-state index contributed by atoms with van der Waals surface area (Å²) in [6.07, 6.45) is -0.311. The van der Waals surface area contributed by atoms with Crippen LogP contribution in [0.15, 0.2) is 79.1 Å². The predicted octanol–water partition coefficient (Wildman–Crippen LogP) is 5.10. The van der Waals surface area contributed by atoms with Gasteiger partial charge in [-0.1, -0.05) is 81.4 Å². The van der Waals surface area contributed by atoms with Crippen LogP contribution in [0.1, 0.15) is 39.8 Å². The van der Waals surface area contributed by atoms with Crippen molar-refractivity contribution >= 4 is 50.4 Å². The summed E-state index contributed by atoms with van der Waals surface area (Å²) >= 11 is 0. The number of rotatable bonds is 11. The number of fused-ring (bicyclic) bond motifs is 1. The number of anilines is 1. The van der Waals surface area contributed by atoms with E-state index in [0.717, 1.165) is 10.4 Å². The Morgan fingerprint density at radius 3 is 2.20 bits per heavy atom. The Kier molecular flexibility index (Phi) is 10.4. The van der Waals surface area contributed by atoms with Gasteiger partial charge in [0.05, 0.1) is 24.5 Å². The number of amides is 1. The number of benzene rings is 2. The molecule has 12 nitrogen and oxygen atoms in total. The molecule has 0 spiro atoms. The molecule has 1 aliphatic rings. The van der Waals surface area contributed by atoms with Crippen LogP contribution in [0.3, 0.4) is 0 Å². The average molecular weight is 702 g/mol. The molecular weight excluding hydrogens is 659 g/mol. The minimum absolute atomic E-state index is 0.134. The van der Waals surface area contributed by atoms with Crippen LogP contribution in [0.5, 0.6) is 0 Å². The van der Waals surface area contributed by atoms with Gasteiger partial charge >= 0.3 is 12.1 Å². The van der Waals surface area contributed by atoms with E-state index in [1.54, 1.807) is 12.1 Å². The predicted molar refractivity (Wildman–Crippen MR) is 188 cm³/mol. The smallest absolute Gasteiger partial charge is 0.415 e. The number of carbonyl (C=O) groups excluding carboxylic acids is 2. The van der Waals surface area contributed by atoms with Crippen LogP contribution in [-0.2, 0) is 33.5 Å². The topological polar surface area (TPSA) is 146 Å². The Bertz CT molecular complexity index is 1780. The number of aromatic nitrogens is 3. The zero-order valence-corrected chi connectivity index (χ0v) is 30.9. The number of ether oxygens (including phenoxy) is 3. The van der Waals surface area contributed by atoms with Gasteiger partial charge in [-0.15, -0.1) is 0 Å². The number of nitrogens with one attached hydrogen (secondary N) is 1. The van der Waals surface area contributed by atoms with E-state index in [2.05, 4.69) is 90.9 Å². The number of esters is 1. The lowest BCUT2D eigenvalue weighted by molar-refractivity contribution is -0.148. The zero-order valence-electron chi connectivity index (χ0n) is 28.9. The number of nitriles is 1. The Hall–Kier alpha value is -4.40. The maximum atomic E-state index is 12.4. The highest BCUT2D eigenvalue weighted by atomic mass is 28.4. The molecule has 258 valence electrons. The second-order valence-electron chi connectivity index (χ2n) is 14.0. The first-order valence-electron chi connectivity index (χ1n) is 16.1. The number of hydrogen-bond donors (Lipinski definition) is 1. The Labute approximate surface area is 288 Å². The molecule has 49 heavy (non-hydrogen) atoms. The van der Waals surface area contributed by atoms with E-state index in [1.807, 2.05) is 36.4 Å². The Morgan fingerprint density at radius 2 is 1.65 bits per heavy atom. The van der Waals surface area contributed by atoms with E-state index in [-0.39, 0.29) is 17.5 Å². The molecule has 1 saturated heterocycles. The number of carbonyl (C=O) groups is 2. The first-order chi connectivity index (χ1) is 23.2. The summed E-state index contributed by atoms with van der Waals surface area (Å²) in [6, 6.07) is 26.6. The zero-order chi connectivity index (χ0) is 35.5. The van der Waals surface area contributed by atoms with Crippen molar-refractivity contribution in [2.24, 2.45) is 0 Å². The van der Waals surface area contributed by atoms with Crippen LogP contribution < -0.4 is 15.7 Å². The van der Waals surface area contributed by atoms with Crippen LogP contribution in [0.4, 0.5) is 10.6 Å². The second kappa shape index (κ2) is 14.2. The van der Waals surface area contributed by atoms with Gasteiger partial charge in [-0.3, -0.25) is 10.1 Å². The molecule has 3 heterocycles. The van der Waals surface area contributed by atoms with E-state index >= 15 is 0 Å². The molecule has 1 amide bonds. The molecule has 0 saturated carbocycles. The molecule has 2 aromatic heterocycles. The maximum absolute atomic E-state index is 12.4. The molecule has 0 bridgehead atoms. The SMILES string of the molecule is CC(=O)OCOC(=O)Nc1ncnn2c([C@]3(C#N)O[C@@H](CO[Si](c4ccccc4)(c4ccccc4)C(C)(C)C)C[C@H]3O[Si](C)(C)C)ccc12. The van der Waals surface area contributed by atoms with Crippen LogP contribution in [0, 0.1) is 11.3 Å². The lowest BCUT2D eigenvalue weighted by Gasteiger charge is -2.43. The van der Waals surface area contributed by atoms with Crippen molar-refractivity contribution in [3.63, 3.8) is 0 Å². The molecule has 14 heteroatoms. The van der Waals surface area contributed by atoms with Gasteiger partial charge in [-0.05, 0) is 47.2 Å². The van der Waals surface area contributed by atoms with Gasteiger partial charge in [0.2, 0.25) is 12.4 Å². The van der Waals surface area contributed by atoms with Crippen molar-refractivity contribution in [1.29, 1.82) is 5.26 Å². The van der Waals surface area contributed by atoms with E-state index in [1.165, 1.54) is 17.8 Å². The molecule has 0 aliphatic carbocycles. The monoisotopic (exact) mass is 701 g/mol. The average Bonchev–Trinajstić information content (AvgIpc) is 3.63. The molecule has 5 rings (SSSR count). The highest BCUT2D eigenvalue weighted by molar-refractivity contribution is 6.99. The summed E-state index contributed by atoms with van der Waals surface area (Å²) in [4.78, 5) is 27.6. The summed E-state index contributed by atoms with van der Waals surface area (Å²) in [5, 5.41) is 20.0. The molecular formula is C35H43N5O7Si2. The van der Waals surface area contributed by atoms with Crippen molar-refractivity contribution in [1.82, 2.24) is 14.6 Å². The summed E-state index contributed by atoms with van der Waals surface area (Å²) in [5.41, 5.74) is -0.716. The largest absolute Gasteiger partial charge is 0.428 e. The van der Waals surface area contributed by atoms with E-state index < -0.39 is 53.3 Å². The molecule has 1 N–H and O–H groups in total. The Balaban J connectivity index is 1.50. The van der Waals surface area contributed by atoms with Gasteiger partial charge in [-0.25, -0.2) is 14.3 Å². The third kappa shape index (κ3) is 7.46. The molecule has 1 fully saturated rings. The summed E-state index contributed by atoms with van der Waals surface area (Å²) in [6.45, 7) is 13.8. The van der Waals surface area contributed by atoms with E-state index in [9.17, 15) is 14.9 Å². The van der Waals surface area contributed by atoms with Crippen molar-refractivity contribution in [2.75, 3.05) is 18.7 Å². The van der Waals surface area contributed by atoms with Gasteiger partial charge in [0.1, 0.15) is 17.9 Å². The van der Waals surface area contributed by atoms with Gasteiger partial charge in [-0.2, -0.15) is 10.4 Å². The fourth-order valence-corrected chi connectivity index (χ4v) is 12.1. The van der Waals surface area contributed by atoms with Gasteiger partial charge in [0.15, 0.2) is 14.1 Å². The molecule has 1 aliphatic heterocycles. The van der Waals surface area contributed by atoms with Crippen molar-refractivity contribution in [3.05, 3.63) is 84.8 Å². The number of nitrogens with zero attached hydrogens (tertiary/aromatic N) is 4. The maximum Gasteiger partial charge on any atom is 0.415 e. The van der Waals surface area contributed by atoms with Crippen LogP contribution in [-0.4, -0.2) is 68.9 Å². The van der Waals surface area contributed by atoms with E-state index in [0.29, 0.717) is 17.6 Å². The molecule has 4 aromatic rings. The second-order valence-corrected chi connectivity index (χ2v) is 22.7. The lowest BCUT2D eigenvalue weighted by Crippen LogP contribution is -2.67. The standard InChI is InChI=1S/C35H43N5O7Si2/c1-25(41)43-24-44-33(42)39-32-29-18-19-30(40(29)38-23-37-32)35(22-36)31(47-48(5,6)7)20-26(46-35)21-45-49(34(2,3)4,27-14-10-8-11-15-27)28-16-12-9-13-17-28/h8-19,23,26,31H,20-21,24H2,1-7H3,(H,37,38,39,42)/t26-,31-,35+/m1/s1. The minimum Gasteiger partial charge on any atom is -0.428 e. The van der Waals surface area contributed by atoms with Crippen LogP contribution >= 0.6 is 0 Å². The highest BCUT2D eigenvalue weighted by Gasteiger charge is 2.56. The van der Waals surface area contributed by atoms with Gasteiger partial charge in [0.25, 0.3) is 8.32 Å². The molecule has 0 unspecified atom stereocenters. The Morgan fingerprint density at radius 1 is 1.02 bits per heavy atom. The van der Waals surface area contributed by atoms with Crippen LogP contribution in [0.2, 0.25) is 24.7 Å². The fraction of sp³-hybridized carbons (Fsp3) is 0.400. The summed E-state index contributed by atoms with van der Waals surface area (Å²) in [5.74, 6) is -0.452. The minimum atomic E-state index is -2.89. The van der Waals surface area contributed by atoms with E-state index in [4.69, 9.17) is 18.3 Å². The normalized spacial score (nSPS) is 19.7. The molecule has 3 atom stereocenters. The third-order valence-corrected chi connectivity index (χ3v) is 14.3. The quantitative estimate of drug-likeness (QED) is 0.127. The lowest BCUT2D eigenvalue weighted by atomic mass is 9.94. The third-order valence-electron chi connectivity index (χ3n) is 8.35. The molecule has 2 aromatic carbocycles. The summed E-state index contributed by atoms with van der Waals surface area (Å²) < 4.78 is 31.8. The first-order valence-corrected chi connectivity index (χ1v) is 21.4. The summed E-state index contributed by atoms with van der Waals surface area (Å²) in [7, 11) is -5.09. The van der Waals surface area contributed by atoms with Crippen molar-refractivity contribution in [2.45, 2.75) is 76.6 Å².